The molecule has 0 aliphatic rings. The molecule has 0 N–H and O–H groups in total. The van der Waals surface area contributed by atoms with E-state index in [4.69, 9.17) is 0 Å². The van der Waals surface area contributed by atoms with E-state index in [0.29, 0.717) is 10.7 Å². The predicted molar refractivity (Wildman–Crippen MR) is 71.6 cm³/mol. The summed E-state index contributed by atoms with van der Waals surface area (Å²) in [7, 11) is 0. The molecule has 0 saturated carbocycles. The third-order valence-electron chi connectivity index (χ3n) is 2.70. The fourth-order valence-electron chi connectivity index (χ4n) is 1.63. The summed E-state index contributed by atoms with van der Waals surface area (Å²) in [5, 5.41) is 0. The van der Waals surface area contributed by atoms with Gasteiger partial charge in [0.1, 0.15) is 0 Å². The van der Waals surface area contributed by atoms with Crippen molar-refractivity contribution in [2.75, 3.05) is 0 Å². The molecule has 0 fully saturated rings. The Kier molecular flexibility index (Phi) is 5.38. The molecule has 1 heteroatoms. The largest absolute Gasteiger partial charge is 0.0836 e. The molecule has 15 heavy (non-hydrogen) atoms. The lowest BCUT2D eigenvalue weighted by Crippen LogP contribution is -1.98. The molecule has 1 rings (SSSR count). The second-order valence-corrected chi connectivity index (χ2v) is 5.48. The van der Waals surface area contributed by atoms with Crippen LogP contribution in [0.25, 0.3) is 0 Å². The van der Waals surface area contributed by atoms with Crippen molar-refractivity contribution in [3.8, 4) is 0 Å². The zero-order valence-corrected chi connectivity index (χ0v) is 11.5. The predicted octanol–water partition coefficient (Wildman–Crippen LogP) is 5.12. The number of aryl methyl sites for hydroxylation is 1. The summed E-state index contributed by atoms with van der Waals surface area (Å²) >= 11 is 3.73. The van der Waals surface area contributed by atoms with Crippen molar-refractivity contribution >= 4 is 15.9 Å². The normalized spacial score (nSPS) is 13.1. The van der Waals surface area contributed by atoms with Crippen LogP contribution in [0.3, 0.4) is 0 Å². The molecular weight excluding hydrogens is 248 g/mol. The van der Waals surface area contributed by atoms with Gasteiger partial charge < -0.3 is 0 Å². The molecule has 1 aromatic carbocycles. The van der Waals surface area contributed by atoms with Crippen LogP contribution < -0.4 is 0 Å². The quantitative estimate of drug-likeness (QED) is 0.651. The van der Waals surface area contributed by atoms with Crippen molar-refractivity contribution in [3.05, 3.63) is 35.4 Å². The summed E-state index contributed by atoms with van der Waals surface area (Å²) in [5.74, 6) is 0.645. The van der Waals surface area contributed by atoms with Crippen LogP contribution >= 0.6 is 15.9 Å². The van der Waals surface area contributed by atoms with Crippen molar-refractivity contribution in [1.29, 1.82) is 0 Å². The molecule has 0 aromatic heterocycles. The van der Waals surface area contributed by atoms with Crippen LogP contribution in [0.15, 0.2) is 24.3 Å². The summed E-state index contributed by atoms with van der Waals surface area (Å²) in [6, 6.07) is 9.04. The minimum atomic E-state index is 0.484. The van der Waals surface area contributed by atoms with Crippen LogP contribution in [0.1, 0.15) is 49.6 Å². The Bertz CT molecular complexity index is 274. The SMILES string of the molecule is CCCCc1ccc(C(Br)C(C)C)cc1. The molecule has 0 radical (unpaired) electrons. The smallest absolute Gasteiger partial charge is 0.0418 e. The van der Waals surface area contributed by atoms with Gasteiger partial charge in [-0.2, -0.15) is 0 Å². The van der Waals surface area contributed by atoms with Crippen molar-refractivity contribution in [1.82, 2.24) is 0 Å². The molecule has 84 valence electrons. The number of unbranched alkanes of at least 4 members (excludes halogenated alkanes) is 1. The van der Waals surface area contributed by atoms with Crippen molar-refractivity contribution in [2.45, 2.75) is 44.9 Å². The Balaban J connectivity index is 2.63. The van der Waals surface area contributed by atoms with Crippen LogP contribution in [0.4, 0.5) is 0 Å². The van der Waals surface area contributed by atoms with Crippen LogP contribution in [-0.4, -0.2) is 0 Å². The van der Waals surface area contributed by atoms with Gasteiger partial charge in [-0.3, -0.25) is 0 Å². The summed E-state index contributed by atoms with van der Waals surface area (Å²) in [6.07, 6.45) is 3.78. The number of benzene rings is 1. The lowest BCUT2D eigenvalue weighted by atomic mass is 10.00. The van der Waals surface area contributed by atoms with E-state index < -0.39 is 0 Å². The Labute approximate surface area is 102 Å². The van der Waals surface area contributed by atoms with Gasteiger partial charge >= 0.3 is 0 Å². The Hall–Kier alpha value is -0.300. The first-order chi connectivity index (χ1) is 7.15. The van der Waals surface area contributed by atoms with E-state index >= 15 is 0 Å². The van der Waals surface area contributed by atoms with Crippen LogP contribution in [0.5, 0.6) is 0 Å². The summed E-state index contributed by atoms with van der Waals surface area (Å²) < 4.78 is 0. The molecule has 0 aliphatic heterocycles. The highest BCUT2D eigenvalue weighted by Crippen LogP contribution is 2.30. The molecule has 0 nitrogen and oxygen atoms in total. The number of halogens is 1. The van der Waals surface area contributed by atoms with E-state index in [2.05, 4.69) is 61.0 Å². The van der Waals surface area contributed by atoms with E-state index in [9.17, 15) is 0 Å². The zero-order valence-electron chi connectivity index (χ0n) is 9.96. The molecule has 0 aliphatic carbocycles. The fraction of sp³-hybridized carbons (Fsp3) is 0.571. The highest BCUT2D eigenvalue weighted by Gasteiger charge is 2.10. The van der Waals surface area contributed by atoms with Gasteiger partial charge in [-0.15, -0.1) is 0 Å². The standard InChI is InChI=1S/C14H21Br/c1-4-5-6-12-7-9-13(10-8-12)14(15)11(2)3/h7-11,14H,4-6H2,1-3H3. The maximum absolute atomic E-state index is 3.73. The second kappa shape index (κ2) is 6.32. The maximum Gasteiger partial charge on any atom is 0.0418 e. The number of hydrogen-bond donors (Lipinski definition) is 0. The molecule has 0 spiro atoms. The average Bonchev–Trinajstić information content (AvgIpc) is 2.26. The van der Waals surface area contributed by atoms with Crippen molar-refractivity contribution < 1.29 is 0 Å². The molecule has 1 unspecified atom stereocenters. The van der Waals surface area contributed by atoms with Crippen LogP contribution in [0, 0.1) is 5.92 Å². The van der Waals surface area contributed by atoms with Gasteiger partial charge in [0.05, 0.1) is 0 Å². The second-order valence-electron chi connectivity index (χ2n) is 4.49. The lowest BCUT2D eigenvalue weighted by Gasteiger charge is -2.14. The van der Waals surface area contributed by atoms with E-state index in [0.717, 1.165) is 0 Å². The number of rotatable bonds is 5. The molecule has 0 amide bonds. The Morgan fingerprint density at radius 3 is 2.20 bits per heavy atom. The number of hydrogen-bond acceptors (Lipinski definition) is 0. The summed E-state index contributed by atoms with van der Waals surface area (Å²) in [4.78, 5) is 0.484. The van der Waals surface area contributed by atoms with E-state index in [1.165, 1.54) is 30.4 Å². The van der Waals surface area contributed by atoms with Gasteiger partial charge in [0.15, 0.2) is 0 Å². The van der Waals surface area contributed by atoms with Gasteiger partial charge in [-0.1, -0.05) is 67.4 Å². The van der Waals surface area contributed by atoms with Crippen LogP contribution in [0.2, 0.25) is 0 Å². The average molecular weight is 269 g/mol. The zero-order chi connectivity index (χ0) is 11.3. The van der Waals surface area contributed by atoms with E-state index in [1.54, 1.807) is 0 Å². The maximum atomic E-state index is 3.73. The van der Waals surface area contributed by atoms with Crippen molar-refractivity contribution in [3.63, 3.8) is 0 Å². The first-order valence-electron chi connectivity index (χ1n) is 5.88. The first-order valence-corrected chi connectivity index (χ1v) is 6.79. The highest BCUT2D eigenvalue weighted by atomic mass is 79.9. The molecule has 0 saturated heterocycles. The topological polar surface area (TPSA) is 0 Å². The first kappa shape index (κ1) is 12.8. The molecule has 0 heterocycles. The van der Waals surface area contributed by atoms with Crippen LogP contribution in [-0.2, 0) is 6.42 Å². The van der Waals surface area contributed by atoms with Gasteiger partial charge in [-0.25, -0.2) is 0 Å². The third-order valence-corrected chi connectivity index (χ3v) is 4.29. The lowest BCUT2D eigenvalue weighted by molar-refractivity contribution is 0.641. The molecule has 0 bridgehead atoms. The Morgan fingerprint density at radius 2 is 1.73 bits per heavy atom. The van der Waals surface area contributed by atoms with E-state index in [1.807, 2.05) is 0 Å². The number of alkyl halides is 1. The molecule has 1 atom stereocenters. The monoisotopic (exact) mass is 268 g/mol. The minimum absolute atomic E-state index is 0.484. The van der Waals surface area contributed by atoms with Gasteiger partial charge in [0.2, 0.25) is 0 Å². The van der Waals surface area contributed by atoms with Gasteiger partial charge in [0.25, 0.3) is 0 Å². The molecule has 1 aromatic rings. The fourth-order valence-corrected chi connectivity index (χ4v) is 1.94. The third kappa shape index (κ3) is 3.98. The summed E-state index contributed by atoms with van der Waals surface area (Å²) in [6.45, 7) is 6.72. The molecular formula is C14H21Br. The van der Waals surface area contributed by atoms with Gasteiger partial charge in [-0.05, 0) is 29.9 Å². The summed E-state index contributed by atoms with van der Waals surface area (Å²) in [5.41, 5.74) is 2.86. The highest BCUT2D eigenvalue weighted by molar-refractivity contribution is 9.09. The van der Waals surface area contributed by atoms with E-state index in [-0.39, 0.29) is 0 Å². The Morgan fingerprint density at radius 1 is 1.13 bits per heavy atom. The minimum Gasteiger partial charge on any atom is -0.0836 e. The van der Waals surface area contributed by atoms with Gasteiger partial charge in [0, 0.05) is 4.83 Å². The van der Waals surface area contributed by atoms with Crippen molar-refractivity contribution in [2.24, 2.45) is 5.92 Å².